The van der Waals surface area contributed by atoms with Gasteiger partial charge in [0, 0.05) is 19.1 Å². The predicted molar refractivity (Wildman–Crippen MR) is 73.4 cm³/mol. The maximum Gasteiger partial charge on any atom is 0.122 e. The first-order valence-electron chi connectivity index (χ1n) is 6.94. The molecule has 102 valence electrons. The molecule has 18 heavy (non-hydrogen) atoms. The summed E-state index contributed by atoms with van der Waals surface area (Å²) in [5.74, 6) is 0.973. The second kappa shape index (κ2) is 6.36. The molecule has 0 amide bonds. The van der Waals surface area contributed by atoms with Crippen LogP contribution >= 0.6 is 0 Å². The molecule has 4 nitrogen and oxygen atoms in total. The van der Waals surface area contributed by atoms with Crippen LogP contribution in [0.25, 0.3) is 0 Å². The van der Waals surface area contributed by atoms with Gasteiger partial charge in [-0.3, -0.25) is 9.80 Å². The van der Waals surface area contributed by atoms with Gasteiger partial charge >= 0.3 is 0 Å². The quantitative estimate of drug-likeness (QED) is 0.836. The first-order valence-corrected chi connectivity index (χ1v) is 6.94. The zero-order valence-electron chi connectivity index (χ0n) is 11.5. The van der Waals surface area contributed by atoms with Crippen molar-refractivity contribution in [3.8, 4) is 0 Å². The Bertz CT molecular complexity index is 339. The maximum atomic E-state index is 5.89. The Hall–Kier alpha value is -0.840. The Morgan fingerprint density at radius 3 is 3.06 bits per heavy atom. The highest BCUT2D eigenvalue weighted by Gasteiger charge is 2.27. The minimum Gasteiger partial charge on any atom is -0.468 e. The van der Waals surface area contributed by atoms with Crippen molar-refractivity contribution in [2.75, 3.05) is 33.2 Å². The highest BCUT2D eigenvalue weighted by Crippen LogP contribution is 2.23. The second-order valence-electron chi connectivity index (χ2n) is 5.13. The third-order valence-electron chi connectivity index (χ3n) is 4.03. The normalized spacial score (nSPS) is 22.8. The van der Waals surface area contributed by atoms with E-state index >= 15 is 0 Å². The van der Waals surface area contributed by atoms with Gasteiger partial charge in [0.05, 0.1) is 12.3 Å². The van der Waals surface area contributed by atoms with Gasteiger partial charge in [-0.25, -0.2) is 0 Å². The van der Waals surface area contributed by atoms with Crippen LogP contribution in [0.3, 0.4) is 0 Å². The topological polar surface area (TPSA) is 45.6 Å². The van der Waals surface area contributed by atoms with Crippen molar-refractivity contribution in [2.24, 2.45) is 5.73 Å². The SMILES string of the molecule is CCN1CCCC1CN(C)C(CN)c1ccco1. The van der Waals surface area contributed by atoms with Gasteiger partial charge in [0.25, 0.3) is 0 Å². The van der Waals surface area contributed by atoms with Crippen LogP contribution in [0.1, 0.15) is 31.6 Å². The molecule has 0 saturated carbocycles. The first-order chi connectivity index (χ1) is 8.76. The largest absolute Gasteiger partial charge is 0.468 e. The van der Waals surface area contributed by atoms with Gasteiger partial charge in [-0.05, 0) is 45.1 Å². The number of likely N-dealkylation sites (tertiary alicyclic amines) is 1. The zero-order chi connectivity index (χ0) is 13.0. The fourth-order valence-corrected chi connectivity index (χ4v) is 2.97. The summed E-state index contributed by atoms with van der Waals surface area (Å²) in [6.45, 7) is 6.29. The fraction of sp³-hybridized carbons (Fsp3) is 0.714. The third kappa shape index (κ3) is 2.94. The molecule has 1 fully saturated rings. The van der Waals surface area contributed by atoms with Crippen molar-refractivity contribution in [3.05, 3.63) is 24.2 Å². The van der Waals surface area contributed by atoms with Crippen LogP contribution in [-0.2, 0) is 0 Å². The van der Waals surface area contributed by atoms with Crippen molar-refractivity contribution >= 4 is 0 Å². The molecular weight excluding hydrogens is 226 g/mol. The number of nitrogens with zero attached hydrogens (tertiary/aromatic N) is 2. The van der Waals surface area contributed by atoms with Gasteiger partial charge in [-0.1, -0.05) is 6.92 Å². The van der Waals surface area contributed by atoms with Crippen LogP contribution in [0.4, 0.5) is 0 Å². The van der Waals surface area contributed by atoms with Crippen LogP contribution in [-0.4, -0.2) is 49.1 Å². The van der Waals surface area contributed by atoms with Crippen LogP contribution in [0.2, 0.25) is 0 Å². The molecule has 0 aromatic carbocycles. The fourth-order valence-electron chi connectivity index (χ4n) is 2.97. The molecule has 2 heterocycles. The molecule has 2 N–H and O–H groups in total. The molecule has 0 bridgehead atoms. The van der Waals surface area contributed by atoms with Crippen LogP contribution in [0.5, 0.6) is 0 Å². The minimum atomic E-state index is 0.194. The average Bonchev–Trinajstić information content (AvgIpc) is 3.01. The summed E-state index contributed by atoms with van der Waals surface area (Å²) in [5, 5.41) is 0. The number of hydrogen-bond acceptors (Lipinski definition) is 4. The smallest absolute Gasteiger partial charge is 0.122 e. The maximum absolute atomic E-state index is 5.89. The lowest BCUT2D eigenvalue weighted by atomic mass is 10.1. The van der Waals surface area contributed by atoms with Crippen molar-refractivity contribution < 1.29 is 4.42 Å². The number of furan rings is 1. The van der Waals surface area contributed by atoms with Crippen LogP contribution < -0.4 is 5.73 Å². The van der Waals surface area contributed by atoms with Crippen LogP contribution in [0.15, 0.2) is 22.8 Å². The van der Waals surface area contributed by atoms with E-state index in [9.17, 15) is 0 Å². The van der Waals surface area contributed by atoms with Gasteiger partial charge < -0.3 is 10.2 Å². The van der Waals surface area contributed by atoms with E-state index in [1.165, 1.54) is 19.4 Å². The molecule has 2 rings (SSSR count). The van der Waals surface area contributed by atoms with Gasteiger partial charge in [0.1, 0.15) is 5.76 Å². The molecule has 0 radical (unpaired) electrons. The van der Waals surface area contributed by atoms with Crippen molar-refractivity contribution in [2.45, 2.75) is 31.8 Å². The number of rotatable bonds is 6. The van der Waals surface area contributed by atoms with E-state index in [4.69, 9.17) is 10.2 Å². The number of nitrogens with two attached hydrogens (primary N) is 1. The average molecular weight is 251 g/mol. The van der Waals surface area contributed by atoms with Crippen molar-refractivity contribution in [1.29, 1.82) is 0 Å². The van der Waals surface area contributed by atoms with Gasteiger partial charge in [-0.2, -0.15) is 0 Å². The summed E-state index contributed by atoms with van der Waals surface area (Å²) in [6.07, 6.45) is 4.34. The molecular formula is C14H25N3O. The van der Waals surface area contributed by atoms with E-state index < -0.39 is 0 Å². The summed E-state index contributed by atoms with van der Waals surface area (Å²) in [4.78, 5) is 4.89. The molecule has 1 aromatic heterocycles. The Morgan fingerprint density at radius 2 is 2.44 bits per heavy atom. The highest BCUT2D eigenvalue weighted by atomic mass is 16.3. The minimum absolute atomic E-state index is 0.194. The standard InChI is InChI=1S/C14H25N3O/c1-3-17-8-4-6-12(17)11-16(2)13(10-15)14-7-5-9-18-14/h5,7,9,12-13H,3-4,6,8,10-11,15H2,1-2H3. The lowest BCUT2D eigenvalue weighted by Crippen LogP contribution is -2.41. The highest BCUT2D eigenvalue weighted by molar-refractivity contribution is 5.05. The summed E-state index contributed by atoms with van der Waals surface area (Å²) < 4.78 is 5.49. The summed E-state index contributed by atoms with van der Waals surface area (Å²) in [7, 11) is 2.15. The molecule has 2 unspecified atom stereocenters. The molecule has 1 saturated heterocycles. The monoisotopic (exact) mass is 251 g/mol. The predicted octanol–water partition coefficient (Wildman–Crippen LogP) is 1.70. The molecule has 1 aliphatic heterocycles. The van der Waals surface area contributed by atoms with E-state index in [1.54, 1.807) is 6.26 Å². The Kier molecular flexibility index (Phi) is 4.80. The summed E-state index contributed by atoms with van der Waals surface area (Å²) >= 11 is 0. The molecule has 1 aliphatic rings. The van der Waals surface area contributed by atoms with Gasteiger partial charge in [0.15, 0.2) is 0 Å². The lowest BCUT2D eigenvalue weighted by Gasteiger charge is -2.31. The van der Waals surface area contributed by atoms with E-state index in [1.807, 2.05) is 12.1 Å². The van der Waals surface area contributed by atoms with Crippen molar-refractivity contribution in [1.82, 2.24) is 9.80 Å². The molecule has 4 heteroatoms. The summed E-state index contributed by atoms with van der Waals surface area (Å²) in [5.41, 5.74) is 5.89. The number of hydrogen-bond donors (Lipinski definition) is 1. The zero-order valence-corrected chi connectivity index (χ0v) is 11.5. The Balaban J connectivity index is 1.95. The second-order valence-corrected chi connectivity index (χ2v) is 5.13. The first kappa shape index (κ1) is 13.6. The lowest BCUT2D eigenvalue weighted by molar-refractivity contribution is 0.154. The molecule has 1 aromatic rings. The summed E-state index contributed by atoms with van der Waals surface area (Å²) in [6, 6.07) is 4.81. The Morgan fingerprint density at radius 1 is 1.61 bits per heavy atom. The van der Waals surface area contributed by atoms with Crippen molar-refractivity contribution in [3.63, 3.8) is 0 Å². The van der Waals surface area contributed by atoms with Gasteiger partial charge in [0.2, 0.25) is 0 Å². The van der Waals surface area contributed by atoms with E-state index in [0.29, 0.717) is 12.6 Å². The van der Waals surface area contributed by atoms with E-state index in [2.05, 4.69) is 23.8 Å². The van der Waals surface area contributed by atoms with Gasteiger partial charge in [-0.15, -0.1) is 0 Å². The van der Waals surface area contributed by atoms with E-state index in [-0.39, 0.29) is 6.04 Å². The van der Waals surface area contributed by atoms with E-state index in [0.717, 1.165) is 18.8 Å². The third-order valence-corrected chi connectivity index (χ3v) is 4.03. The molecule has 2 atom stereocenters. The molecule has 0 spiro atoms. The van der Waals surface area contributed by atoms with Crippen LogP contribution in [0, 0.1) is 0 Å². The Labute approximate surface area is 110 Å². The molecule has 0 aliphatic carbocycles. The number of likely N-dealkylation sites (N-methyl/N-ethyl adjacent to an activating group) is 2.